The van der Waals surface area contributed by atoms with E-state index in [9.17, 15) is 19.7 Å². The average Bonchev–Trinajstić information content (AvgIpc) is 4.21. The number of amides is 1. The number of hydrogen-bond donors (Lipinski definition) is 3. The first-order valence-electron chi connectivity index (χ1n) is 27.3. The van der Waals surface area contributed by atoms with E-state index in [-0.39, 0.29) is 34.9 Å². The van der Waals surface area contributed by atoms with Gasteiger partial charge in [-0.25, -0.2) is 14.9 Å². The summed E-state index contributed by atoms with van der Waals surface area (Å²) in [4.78, 5) is 56.4. The quantitative estimate of drug-likeness (QED) is 0.0319. The minimum absolute atomic E-state index is 0.0506. The second-order valence-electron chi connectivity index (χ2n) is 20.6. The monoisotopic (exact) mass is 1070 g/mol. The van der Waals surface area contributed by atoms with Crippen LogP contribution in [0.5, 0.6) is 11.5 Å². The van der Waals surface area contributed by atoms with Crippen LogP contribution in [0, 0.1) is 15.7 Å². The number of fused-ring (bicyclic) bond motifs is 8. The minimum Gasteiger partial charge on any atom is -0.507 e. The van der Waals surface area contributed by atoms with Crippen molar-refractivity contribution in [3.63, 3.8) is 0 Å². The van der Waals surface area contributed by atoms with Crippen molar-refractivity contribution in [2.75, 3.05) is 129 Å². The lowest BCUT2D eigenvalue weighted by Crippen LogP contribution is -2.48. The Balaban J connectivity index is 0.644. The smallest absolute Gasteiger partial charge is 0.245 e. The standard InChI is InChI=1S/C57H74N14O7/c1-41(2)50-34-51(54(72)35-52(50)64-75)56(58-4)70(42(3)63-74)47-10-6-43(7-11-47)38-66-23-25-67(26-24-66)39-44-16-21-68(22-17-44)55(73)18-29-76-32-33-77-30-27-65-19-5-20-69-40-46(36-60-69)61-57-59-37-48-12-15-53(71(48)62-57)45-8-13-49(14-9-45)78-31-28-65/h6-15,34-35,37,40-41,44,60,72H,3,5,16-33,36,38-39H2,1-2,4H3,(H,61,62). The number of nitroso groups, excluding NO2 is 2. The van der Waals surface area contributed by atoms with Crippen LogP contribution in [0.2, 0.25) is 0 Å². The number of piperidine rings is 1. The number of aliphatic imine (C=N–C) groups is 1. The molecule has 3 N–H and O–H groups in total. The van der Waals surface area contributed by atoms with E-state index >= 15 is 0 Å². The Bertz CT molecular complexity index is 2900. The van der Waals surface area contributed by atoms with Crippen molar-refractivity contribution < 1.29 is 24.1 Å². The van der Waals surface area contributed by atoms with E-state index in [2.05, 4.69) is 81.8 Å². The number of hydrazine groups is 1. The van der Waals surface area contributed by atoms with Crippen molar-refractivity contribution in [1.82, 2.24) is 44.6 Å². The Morgan fingerprint density at radius 1 is 0.885 bits per heavy atom. The third kappa shape index (κ3) is 14.3. The van der Waals surface area contributed by atoms with Gasteiger partial charge in [0.05, 0.1) is 68.1 Å². The van der Waals surface area contributed by atoms with Crippen LogP contribution >= 0.6 is 0 Å². The van der Waals surface area contributed by atoms with Crippen LogP contribution < -0.4 is 20.4 Å². The predicted molar refractivity (Wildman–Crippen MR) is 303 cm³/mol. The molecule has 0 unspecified atom stereocenters. The maximum Gasteiger partial charge on any atom is 0.245 e. The summed E-state index contributed by atoms with van der Waals surface area (Å²) in [6, 6.07) is 23.0. The number of anilines is 2. The number of carbonyl (C=O) groups excluding carboxylic acids is 1. The number of phenols is 1. The molecule has 3 aromatic carbocycles. The van der Waals surface area contributed by atoms with Gasteiger partial charge in [0, 0.05) is 109 Å². The zero-order chi connectivity index (χ0) is 54.4. The molecule has 2 aromatic heterocycles. The summed E-state index contributed by atoms with van der Waals surface area (Å²) in [7, 11) is 1.56. The molecular weight excluding hydrogens is 993 g/mol. The summed E-state index contributed by atoms with van der Waals surface area (Å²) < 4.78 is 20.0. The molecule has 5 aliphatic rings. The van der Waals surface area contributed by atoms with Gasteiger partial charge in [-0.2, -0.15) is 0 Å². The summed E-state index contributed by atoms with van der Waals surface area (Å²) >= 11 is 0. The Labute approximate surface area is 456 Å². The number of rotatable bonds is 19. The summed E-state index contributed by atoms with van der Waals surface area (Å²) in [6.45, 7) is 21.3. The molecule has 21 heteroatoms. The van der Waals surface area contributed by atoms with E-state index in [0.717, 1.165) is 132 Å². The number of ether oxygens (including phenoxy) is 3. The molecular formula is C57H74N14O7. The van der Waals surface area contributed by atoms with Gasteiger partial charge in [-0.1, -0.05) is 32.6 Å². The Hall–Kier alpha value is -7.14. The van der Waals surface area contributed by atoms with E-state index in [1.807, 2.05) is 71.9 Å². The molecule has 414 valence electrons. The largest absolute Gasteiger partial charge is 0.507 e. The summed E-state index contributed by atoms with van der Waals surface area (Å²) in [5, 5.41) is 27.4. The molecule has 78 heavy (non-hydrogen) atoms. The van der Waals surface area contributed by atoms with Gasteiger partial charge < -0.3 is 39.4 Å². The highest BCUT2D eigenvalue weighted by molar-refractivity contribution is 6.13. The maximum absolute atomic E-state index is 13.1. The number of aromatic nitrogens is 3. The topological polar surface area (TPSA) is 210 Å². The third-order valence-corrected chi connectivity index (χ3v) is 15.0. The van der Waals surface area contributed by atoms with Crippen molar-refractivity contribution in [2.45, 2.75) is 52.0 Å². The molecule has 7 heterocycles. The van der Waals surface area contributed by atoms with Gasteiger partial charge in [-0.05, 0) is 107 Å². The van der Waals surface area contributed by atoms with Crippen molar-refractivity contribution in [3.05, 3.63) is 130 Å². The first-order chi connectivity index (χ1) is 38.0. The van der Waals surface area contributed by atoms with Crippen LogP contribution in [-0.4, -0.2) is 175 Å². The van der Waals surface area contributed by atoms with Crippen LogP contribution in [0.4, 0.5) is 17.3 Å². The fraction of sp³-hybridized carbons (Fsp3) is 0.474. The van der Waals surface area contributed by atoms with Crippen LogP contribution in [-0.2, 0) is 20.8 Å². The highest BCUT2D eigenvalue weighted by Gasteiger charge is 2.28. The fourth-order valence-electron chi connectivity index (χ4n) is 10.6. The van der Waals surface area contributed by atoms with Crippen LogP contribution in [0.1, 0.15) is 62.1 Å². The number of nitrogens with zero attached hydrogens (tertiary/aromatic N) is 12. The molecule has 0 radical (unpaired) electrons. The van der Waals surface area contributed by atoms with Gasteiger partial charge in [-0.3, -0.25) is 24.5 Å². The lowest BCUT2D eigenvalue weighted by Gasteiger charge is -2.39. The van der Waals surface area contributed by atoms with E-state index in [0.29, 0.717) is 74.7 Å². The van der Waals surface area contributed by atoms with Gasteiger partial charge in [0.15, 0.2) is 5.82 Å². The van der Waals surface area contributed by atoms with Crippen LogP contribution in [0.15, 0.2) is 119 Å². The highest BCUT2D eigenvalue weighted by Crippen LogP contribution is 2.36. The average molecular weight is 1070 g/mol. The number of aromatic hydroxyl groups is 1. The van der Waals surface area contributed by atoms with Crippen LogP contribution in [0.3, 0.4) is 0 Å². The number of hydrogen-bond acceptors (Lipinski definition) is 18. The molecule has 0 spiro atoms. The summed E-state index contributed by atoms with van der Waals surface area (Å²) in [5.41, 5.74) is 10.2. The first kappa shape index (κ1) is 55.6. The Morgan fingerprint density at radius 2 is 1.64 bits per heavy atom. The molecule has 21 nitrogen and oxygen atoms in total. The number of likely N-dealkylation sites (tertiary alicyclic amines) is 1. The Kier molecular flexibility index (Phi) is 19.2. The normalized spacial score (nSPS) is 17.4. The third-order valence-electron chi connectivity index (χ3n) is 15.0. The van der Waals surface area contributed by atoms with Crippen molar-refractivity contribution in [1.29, 1.82) is 0 Å². The predicted octanol–water partition coefficient (Wildman–Crippen LogP) is 7.38. The second kappa shape index (κ2) is 27.0. The second-order valence-corrected chi connectivity index (χ2v) is 20.6. The maximum atomic E-state index is 13.1. The van der Waals surface area contributed by atoms with Crippen molar-refractivity contribution in [2.24, 2.45) is 21.3 Å². The zero-order valence-electron chi connectivity index (χ0n) is 45.3. The zero-order valence-corrected chi connectivity index (χ0v) is 45.3. The van der Waals surface area contributed by atoms with Crippen molar-refractivity contribution in [3.8, 4) is 22.8 Å². The molecule has 5 aliphatic heterocycles. The first-order valence-corrected chi connectivity index (χ1v) is 27.3. The molecule has 5 aromatic rings. The van der Waals surface area contributed by atoms with Crippen LogP contribution in [0.25, 0.3) is 16.8 Å². The lowest BCUT2D eigenvalue weighted by molar-refractivity contribution is -0.134. The molecule has 2 saturated heterocycles. The molecule has 0 aliphatic carbocycles. The molecule has 6 bridgehead atoms. The molecule has 2 fully saturated rings. The highest BCUT2D eigenvalue weighted by atomic mass is 16.5. The summed E-state index contributed by atoms with van der Waals surface area (Å²) in [5.74, 6) is 2.00. The fourth-order valence-corrected chi connectivity index (χ4v) is 10.6. The van der Waals surface area contributed by atoms with Gasteiger partial charge in [-0.15, -0.1) is 14.9 Å². The number of piperazine rings is 1. The van der Waals surface area contributed by atoms with E-state index in [1.54, 1.807) is 13.1 Å². The molecule has 0 atom stereocenters. The van der Waals surface area contributed by atoms with Gasteiger partial charge in [0.25, 0.3) is 0 Å². The number of nitrogens with one attached hydrogen (secondary N) is 2. The molecule has 10 rings (SSSR count). The molecule has 1 amide bonds. The number of benzene rings is 3. The van der Waals surface area contributed by atoms with E-state index in [1.165, 1.54) is 11.0 Å². The van der Waals surface area contributed by atoms with Gasteiger partial charge in [0.1, 0.15) is 29.6 Å². The van der Waals surface area contributed by atoms with Gasteiger partial charge >= 0.3 is 0 Å². The number of carbonyl (C=O) groups is 1. The Morgan fingerprint density at radius 3 is 2.37 bits per heavy atom. The number of phenolic OH excluding ortho intramolecular Hbond substituents is 1. The lowest BCUT2D eigenvalue weighted by atomic mass is 9.95. The van der Waals surface area contributed by atoms with Gasteiger partial charge in [0.2, 0.25) is 11.9 Å². The van der Waals surface area contributed by atoms with E-state index in [4.69, 9.17) is 19.3 Å². The molecule has 0 saturated carbocycles. The van der Waals surface area contributed by atoms with E-state index < -0.39 is 0 Å². The number of amidine groups is 1. The van der Waals surface area contributed by atoms with Crippen molar-refractivity contribution >= 4 is 34.6 Å². The SMILES string of the molecule is C=C(N=O)N(C(=NC)c1cc(C(C)C)c(N=O)cc1O)c1ccc(CN2CCN(CC3CCN(C(=O)CCOCCOCCN4CCCN5C=C(CN5)Nc5ncc6ccc(n6n5)-c5ccc(cc5)OCC4)CC3)CC2)cc1. The minimum atomic E-state index is -0.191. The summed E-state index contributed by atoms with van der Waals surface area (Å²) in [6.07, 6.45) is 7.25.